The summed E-state index contributed by atoms with van der Waals surface area (Å²) < 4.78 is 5.21. The molecule has 3 aliphatic rings. The molecule has 4 rings (SSSR count). The van der Waals surface area contributed by atoms with E-state index in [-0.39, 0.29) is 5.89 Å². The highest BCUT2D eigenvalue weighted by Crippen LogP contribution is 2.72. The summed E-state index contributed by atoms with van der Waals surface area (Å²) in [4.78, 5) is 10.6. The van der Waals surface area contributed by atoms with Gasteiger partial charge in [-0.05, 0) is 42.9 Å². The molecular formula is C11H12N2O3. The molecule has 16 heavy (non-hydrogen) atoms. The van der Waals surface area contributed by atoms with Crippen molar-refractivity contribution < 1.29 is 14.3 Å². The summed E-state index contributed by atoms with van der Waals surface area (Å²) in [6.45, 7) is 0. The van der Waals surface area contributed by atoms with Gasteiger partial charge in [0.2, 0.25) is 5.89 Å². The number of nitrogens with zero attached hydrogens (tertiary/aromatic N) is 2. The van der Waals surface area contributed by atoms with Gasteiger partial charge >= 0.3 is 11.9 Å². The number of carboxylic acid groups (broad SMARTS) is 1. The predicted octanol–water partition coefficient (Wildman–Crippen LogP) is 1.53. The summed E-state index contributed by atoms with van der Waals surface area (Å²) in [6, 6.07) is 0. The molecule has 0 amide bonds. The Morgan fingerprint density at radius 2 is 1.94 bits per heavy atom. The highest BCUT2D eigenvalue weighted by molar-refractivity contribution is 5.81. The van der Waals surface area contributed by atoms with Crippen molar-refractivity contribution in [2.45, 2.75) is 25.2 Å². The number of carboxylic acids is 1. The number of carbonyl (C=O) groups is 1. The van der Waals surface area contributed by atoms with Gasteiger partial charge < -0.3 is 9.52 Å². The molecule has 2 bridgehead atoms. The van der Waals surface area contributed by atoms with E-state index in [0.717, 1.165) is 11.8 Å². The molecule has 0 spiro atoms. The van der Waals surface area contributed by atoms with Gasteiger partial charge in [0.05, 0.1) is 0 Å². The average molecular weight is 220 g/mol. The van der Waals surface area contributed by atoms with E-state index in [0.29, 0.717) is 23.6 Å². The van der Waals surface area contributed by atoms with Crippen molar-refractivity contribution in [3.63, 3.8) is 0 Å². The lowest BCUT2D eigenvalue weighted by molar-refractivity contribution is 0.0651. The lowest BCUT2D eigenvalue weighted by Gasteiger charge is -2.04. The summed E-state index contributed by atoms with van der Waals surface area (Å²) in [5.74, 6) is 2.61. The topological polar surface area (TPSA) is 76.2 Å². The van der Waals surface area contributed by atoms with Gasteiger partial charge in [-0.2, -0.15) is 0 Å². The third kappa shape index (κ3) is 0.936. The van der Waals surface area contributed by atoms with E-state index in [2.05, 4.69) is 10.2 Å². The molecular weight excluding hydrogens is 208 g/mol. The Morgan fingerprint density at radius 3 is 2.50 bits per heavy atom. The van der Waals surface area contributed by atoms with Crippen molar-refractivity contribution in [3.8, 4) is 0 Å². The van der Waals surface area contributed by atoms with Crippen molar-refractivity contribution in [2.75, 3.05) is 0 Å². The molecule has 5 heteroatoms. The van der Waals surface area contributed by atoms with Crippen LogP contribution in [0, 0.1) is 23.7 Å². The Balaban J connectivity index is 1.62. The number of hydrogen-bond donors (Lipinski definition) is 1. The van der Waals surface area contributed by atoms with E-state index < -0.39 is 5.97 Å². The van der Waals surface area contributed by atoms with Gasteiger partial charge in [-0.3, -0.25) is 0 Å². The molecule has 0 radical (unpaired) electrons. The summed E-state index contributed by atoms with van der Waals surface area (Å²) in [7, 11) is 0. The number of rotatable bonds is 2. The fourth-order valence-corrected chi connectivity index (χ4v) is 4.11. The smallest absolute Gasteiger partial charge is 0.393 e. The molecule has 4 unspecified atom stereocenters. The first kappa shape index (κ1) is 8.73. The minimum atomic E-state index is -1.13. The van der Waals surface area contributed by atoms with Crippen molar-refractivity contribution >= 4 is 5.97 Å². The molecule has 1 aromatic rings. The van der Waals surface area contributed by atoms with Gasteiger partial charge in [-0.25, -0.2) is 4.79 Å². The van der Waals surface area contributed by atoms with E-state index >= 15 is 0 Å². The van der Waals surface area contributed by atoms with E-state index in [9.17, 15) is 4.79 Å². The van der Waals surface area contributed by atoms with Crippen LogP contribution < -0.4 is 0 Å². The summed E-state index contributed by atoms with van der Waals surface area (Å²) in [5, 5.41) is 16.2. The van der Waals surface area contributed by atoms with Crippen LogP contribution in [-0.2, 0) is 0 Å². The fraction of sp³-hybridized carbons (Fsp3) is 0.727. The van der Waals surface area contributed by atoms with Crippen molar-refractivity contribution in [3.05, 3.63) is 11.8 Å². The van der Waals surface area contributed by atoms with Gasteiger partial charge in [0.25, 0.3) is 0 Å². The molecule has 3 fully saturated rings. The number of aromatic nitrogens is 2. The number of fused-ring (bicyclic) bond motifs is 5. The Bertz CT molecular complexity index is 454. The third-order valence-corrected chi connectivity index (χ3v) is 4.64. The van der Waals surface area contributed by atoms with Gasteiger partial charge in [0.15, 0.2) is 0 Å². The van der Waals surface area contributed by atoms with Crippen molar-refractivity contribution in [1.82, 2.24) is 10.2 Å². The van der Waals surface area contributed by atoms with Gasteiger partial charge in [-0.15, -0.1) is 10.2 Å². The van der Waals surface area contributed by atoms with Crippen LogP contribution in [0.2, 0.25) is 0 Å². The molecule has 3 saturated carbocycles. The molecule has 1 aromatic heterocycles. The van der Waals surface area contributed by atoms with Gasteiger partial charge in [-0.1, -0.05) is 0 Å². The monoisotopic (exact) mass is 220 g/mol. The Kier molecular flexibility index (Phi) is 1.44. The molecule has 3 aliphatic carbocycles. The average Bonchev–Trinajstić information content (AvgIpc) is 2.74. The van der Waals surface area contributed by atoms with Crippen LogP contribution >= 0.6 is 0 Å². The largest absolute Gasteiger partial charge is 0.474 e. The molecule has 0 aromatic carbocycles. The molecule has 5 nitrogen and oxygen atoms in total. The molecule has 0 saturated heterocycles. The maximum atomic E-state index is 10.6. The Labute approximate surface area is 91.9 Å². The third-order valence-electron chi connectivity index (χ3n) is 4.64. The minimum Gasteiger partial charge on any atom is -0.474 e. The zero-order valence-electron chi connectivity index (χ0n) is 8.67. The van der Waals surface area contributed by atoms with Crippen LogP contribution in [0.3, 0.4) is 0 Å². The van der Waals surface area contributed by atoms with Gasteiger partial charge in [0.1, 0.15) is 0 Å². The first-order valence-electron chi connectivity index (χ1n) is 5.82. The quantitative estimate of drug-likeness (QED) is 0.817. The standard InChI is InChI=1S/C11H12N2O3/c14-11(15)10-13-12-9(16-10)8-6-4-1-2-5(3-4)7(6)8/h4-8H,1-3H2,(H,14,15). The second-order valence-corrected chi connectivity index (χ2v) is 5.26. The van der Waals surface area contributed by atoms with Crippen molar-refractivity contribution in [1.29, 1.82) is 0 Å². The molecule has 1 N–H and O–H groups in total. The minimum absolute atomic E-state index is 0.271. The van der Waals surface area contributed by atoms with E-state index in [4.69, 9.17) is 9.52 Å². The van der Waals surface area contributed by atoms with Crippen LogP contribution in [0.4, 0.5) is 0 Å². The SMILES string of the molecule is O=C(O)c1nnc(C2C3C4CCC(C4)C23)o1. The number of aromatic carboxylic acids is 1. The van der Waals surface area contributed by atoms with Crippen molar-refractivity contribution in [2.24, 2.45) is 23.7 Å². The normalized spacial score (nSPS) is 43.4. The molecule has 1 heterocycles. The van der Waals surface area contributed by atoms with Crippen LogP contribution in [-0.4, -0.2) is 21.3 Å². The van der Waals surface area contributed by atoms with Crippen LogP contribution in [0.1, 0.15) is 41.8 Å². The predicted molar refractivity (Wildman–Crippen MR) is 51.8 cm³/mol. The zero-order valence-corrected chi connectivity index (χ0v) is 8.67. The maximum Gasteiger partial charge on any atom is 0.393 e. The van der Waals surface area contributed by atoms with Crippen LogP contribution in [0.25, 0.3) is 0 Å². The second-order valence-electron chi connectivity index (χ2n) is 5.26. The zero-order chi connectivity index (χ0) is 10.9. The summed E-state index contributed by atoms with van der Waals surface area (Å²) in [6.07, 6.45) is 4.04. The van der Waals surface area contributed by atoms with E-state index in [1.807, 2.05) is 0 Å². The highest BCUT2D eigenvalue weighted by Gasteiger charge is 2.67. The van der Waals surface area contributed by atoms with E-state index in [1.54, 1.807) is 0 Å². The first-order valence-corrected chi connectivity index (χ1v) is 5.82. The van der Waals surface area contributed by atoms with Crippen LogP contribution in [0.15, 0.2) is 4.42 Å². The molecule has 0 aliphatic heterocycles. The highest BCUT2D eigenvalue weighted by atomic mass is 16.4. The molecule has 4 atom stereocenters. The van der Waals surface area contributed by atoms with Gasteiger partial charge in [0, 0.05) is 5.92 Å². The summed E-state index contributed by atoms with van der Waals surface area (Å²) >= 11 is 0. The molecule has 84 valence electrons. The maximum absolute atomic E-state index is 10.6. The van der Waals surface area contributed by atoms with E-state index in [1.165, 1.54) is 19.3 Å². The fourth-order valence-electron chi connectivity index (χ4n) is 4.11. The lowest BCUT2D eigenvalue weighted by atomic mass is 10.0. The Hall–Kier alpha value is -1.39. The second kappa shape index (κ2) is 2.64. The first-order chi connectivity index (χ1) is 7.75. The van der Waals surface area contributed by atoms with Crippen LogP contribution in [0.5, 0.6) is 0 Å². The Morgan fingerprint density at radius 1 is 1.25 bits per heavy atom. The lowest BCUT2D eigenvalue weighted by Crippen LogP contribution is -1.97. The summed E-state index contributed by atoms with van der Waals surface area (Å²) in [5.41, 5.74) is 0. The number of hydrogen-bond acceptors (Lipinski definition) is 4.